The van der Waals surface area contributed by atoms with Crippen molar-refractivity contribution in [2.45, 2.75) is 40.0 Å². The van der Waals surface area contributed by atoms with E-state index >= 15 is 0 Å². The molecule has 0 rings (SSSR count). The van der Waals surface area contributed by atoms with E-state index in [2.05, 4.69) is 20.8 Å². The van der Waals surface area contributed by atoms with E-state index < -0.39 is 0 Å². The predicted molar refractivity (Wildman–Crippen MR) is 49.8 cm³/mol. The van der Waals surface area contributed by atoms with Gasteiger partial charge in [0.1, 0.15) is 0 Å². The van der Waals surface area contributed by atoms with Crippen LogP contribution < -0.4 is 5.84 Å². The van der Waals surface area contributed by atoms with E-state index in [9.17, 15) is 0 Å². The topological polar surface area (TPSA) is 29.3 Å². The fourth-order valence-corrected chi connectivity index (χ4v) is 1.16. The van der Waals surface area contributed by atoms with Crippen LogP contribution in [0.4, 0.5) is 0 Å². The predicted octanol–water partition coefficient (Wildman–Crippen LogP) is 2.28. The van der Waals surface area contributed by atoms with Crippen LogP contribution in [0, 0.1) is 0 Å². The quantitative estimate of drug-likeness (QED) is 0.500. The molecule has 0 aliphatic carbocycles. The Kier molecular flexibility index (Phi) is 4.95. The normalized spacial score (nSPS) is 12.8. The molecule has 66 valence electrons. The fraction of sp³-hybridized carbons (Fsp3) is 0.778. The molecule has 0 aliphatic heterocycles. The first kappa shape index (κ1) is 10.5. The Morgan fingerprint density at radius 2 is 1.91 bits per heavy atom. The van der Waals surface area contributed by atoms with Crippen LogP contribution in [0.2, 0.25) is 0 Å². The van der Waals surface area contributed by atoms with Crippen molar-refractivity contribution >= 4 is 0 Å². The molecular weight excluding hydrogens is 136 g/mol. The molecule has 0 heterocycles. The summed E-state index contributed by atoms with van der Waals surface area (Å²) in [7, 11) is 1.89. The molecule has 0 amide bonds. The Morgan fingerprint density at radius 1 is 1.36 bits per heavy atom. The molecule has 0 aromatic rings. The molecule has 0 aliphatic rings. The van der Waals surface area contributed by atoms with Gasteiger partial charge in [0.05, 0.1) is 0 Å². The molecule has 2 nitrogen and oxygen atoms in total. The van der Waals surface area contributed by atoms with E-state index in [-0.39, 0.29) is 0 Å². The first-order chi connectivity index (χ1) is 5.13. The summed E-state index contributed by atoms with van der Waals surface area (Å²) in [5, 5.41) is 1.70. The largest absolute Gasteiger partial charge is 0.319 e. The Labute approximate surface area is 70.0 Å². The van der Waals surface area contributed by atoms with Gasteiger partial charge in [-0.15, -0.1) is 0 Å². The zero-order valence-corrected chi connectivity index (χ0v) is 8.15. The summed E-state index contributed by atoms with van der Waals surface area (Å²) in [5.74, 6) is 5.62. The van der Waals surface area contributed by atoms with Crippen LogP contribution in [-0.4, -0.2) is 12.1 Å². The highest BCUT2D eigenvalue weighted by Gasteiger charge is 2.00. The average molecular weight is 156 g/mol. The summed E-state index contributed by atoms with van der Waals surface area (Å²) >= 11 is 0. The monoisotopic (exact) mass is 156 g/mol. The maximum atomic E-state index is 5.62. The minimum absolute atomic E-state index is 1.11. The van der Waals surface area contributed by atoms with Gasteiger partial charge in [-0.1, -0.05) is 25.8 Å². The first-order valence-electron chi connectivity index (χ1n) is 4.30. The van der Waals surface area contributed by atoms with Gasteiger partial charge in [-0.05, 0) is 19.8 Å². The number of rotatable bonds is 4. The molecule has 0 aromatic heterocycles. The lowest BCUT2D eigenvalue weighted by Gasteiger charge is -2.17. The number of allylic oxidation sites excluding steroid dienone is 2. The molecule has 0 saturated carbocycles. The van der Waals surface area contributed by atoms with Gasteiger partial charge in [-0.25, -0.2) is 5.84 Å². The molecular formula is C9H20N2. The van der Waals surface area contributed by atoms with Crippen molar-refractivity contribution in [2.75, 3.05) is 7.05 Å². The fourth-order valence-electron chi connectivity index (χ4n) is 1.16. The van der Waals surface area contributed by atoms with Gasteiger partial charge in [-0.3, -0.25) is 0 Å². The smallest absolute Gasteiger partial charge is 0.0249 e. The Bertz CT molecular complexity index is 136. The van der Waals surface area contributed by atoms with E-state index in [0.29, 0.717) is 0 Å². The third kappa shape index (κ3) is 3.42. The third-order valence-corrected chi connectivity index (χ3v) is 2.02. The van der Waals surface area contributed by atoms with Crippen LogP contribution in [0.15, 0.2) is 11.3 Å². The highest BCUT2D eigenvalue weighted by atomic mass is 15.4. The Hall–Kier alpha value is -0.500. The summed E-state index contributed by atoms with van der Waals surface area (Å²) < 4.78 is 0. The maximum absolute atomic E-state index is 5.62. The minimum Gasteiger partial charge on any atom is -0.319 e. The van der Waals surface area contributed by atoms with Gasteiger partial charge < -0.3 is 5.01 Å². The standard InChI is InChI=1S/C9H20N2/c1-5-7-9(6-2)8(3)11(4)10/h5-7,10H2,1-4H3/b9-8-. The summed E-state index contributed by atoms with van der Waals surface area (Å²) in [4.78, 5) is 0. The van der Waals surface area contributed by atoms with Crippen molar-refractivity contribution in [3.8, 4) is 0 Å². The van der Waals surface area contributed by atoms with Crippen LogP contribution >= 0.6 is 0 Å². The molecule has 2 N–H and O–H groups in total. The highest BCUT2D eigenvalue weighted by Crippen LogP contribution is 2.14. The van der Waals surface area contributed by atoms with Gasteiger partial charge in [0.15, 0.2) is 0 Å². The van der Waals surface area contributed by atoms with Gasteiger partial charge in [0, 0.05) is 12.7 Å². The van der Waals surface area contributed by atoms with Crippen molar-refractivity contribution in [1.82, 2.24) is 5.01 Å². The van der Waals surface area contributed by atoms with Gasteiger partial charge in [0.2, 0.25) is 0 Å². The van der Waals surface area contributed by atoms with Gasteiger partial charge in [0.25, 0.3) is 0 Å². The number of hydrogen-bond donors (Lipinski definition) is 1. The Balaban J connectivity index is 4.27. The van der Waals surface area contributed by atoms with E-state index in [4.69, 9.17) is 5.84 Å². The van der Waals surface area contributed by atoms with E-state index in [0.717, 1.165) is 6.42 Å². The lowest BCUT2D eigenvalue weighted by molar-refractivity contribution is 0.431. The van der Waals surface area contributed by atoms with Gasteiger partial charge in [-0.2, -0.15) is 0 Å². The third-order valence-electron chi connectivity index (χ3n) is 2.02. The zero-order valence-electron chi connectivity index (χ0n) is 8.15. The molecule has 0 atom stereocenters. The van der Waals surface area contributed by atoms with Crippen LogP contribution in [0.25, 0.3) is 0 Å². The minimum atomic E-state index is 1.11. The molecule has 0 unspecified atom stereocenters. The first-order valence-corrected chi connectivity index (χ1v) is 4.30. The summed E-state index contributed by atoms with van der Waals surface area (Å²) in [6.45, 7) is 6.45. The zero-order chi connectivity index (χ0) is 8.85. The number of nitrogens with zero attached hydrogens (tertiary/aromatic N) is 1. The molecule has 0 aromatic carbocycles. The summed E-state index contributed by atoms with van der Waals surface area (Å²) in [6, 6.07) is 0. The second-order valence-corrected chi connectivity index (χ2v) is 2.90. The molecule has 0 fully saturated rings. The lowest BCUT2D eigenvalue weighted by Crippen LogP contribution is -2.24. The van der Waals surface area contributed by atoms with Crippen molar-refractivity contribution in [3.05, 3.63) is 11.3 Å². The van der Waals surface area contributed by atoms with Crippen molar-refractivity contribution in [3.63, 3.8) is 0 Å². The number of nitrogens with two attached hydrogens (primary N) is 1. The SMILES string of the molecule is CCC/C(CC)=C(/C)N(C)N. The van der Waals surface area contributed by atoms with E-state index in [1.54, 1.807) is 5.01 Å². The van der Waals surface area contributed by atoms with Gasteiger partial charge >= 0.3 is 0 Å². The van der Waals surface area contributed by atoms with Crippen LogP contribution in [0.1, 0.15) is 40.0 Å². The van der Waals surface area contributed by atoms with Crippen molar-refractivity contribution in [2.24, 2.45) is 5.84 Å². The second kappa shape index (κ2) is 5.19. The summed E-state index contributed by atoms with van der Waals surface area (Å²) in [6.07, 6.45) is 3.49. The number of hydrogen-bond acceptors (Lipinski definition) is 2. The molecule has 0 spiro atoms. The summed E-state index contributed by atoms with van der Waals surface area (Å²) in [5.41, 5.74) is 2.69. The van der Waals surface area contributed by atoms with Crippen LogP contribution in [0.5, 0.6) is 0 Å². The van der Waals surface area contributed by atoms with Crippen molar-refractivity contribution in [1.29, 1.82) is 0 Å². The van der Waals surface area contributed by atoms with E-state index in [1.165, 1.54) is 24.1 Å². The second-order valence-electron chi connectivity index (χ2n) is 2.90. The lowest BCUT2D eigenvalue weighted by atomic mass is 10.1. The van der Waals surface area contributed by atoms with E-state index in [1.807, 2.05) is 7.05 Å². The number of hydrazine groups is 1. The van der Waals surface area contributed by atoms with Crippen LogP contribution in [0.3, 0.4) is 0 Å². The molecule has 0 bridgehead atoms. The molecule has 2 heteroatoms. The molecule has 11 heavy (non-hydrogen) atoms. The van der Waals surface area contributed by atoms with Crippen molar-refractivity contribution < 1.29 is 0 Å². The Morgan fingerprint density at radius 3 is 2.18 bits per heavy atom. The molecule has 0 radical (unpaired) electrons. The van der Waals surface area contributed by atoms with Crippen LogP contribution in [-0.2, 0) is 0 Å². The molecule has 0 saturated heterocycles. The highest BCUT2D eigenvalue weighted by molar-refractivity contribution is 5.09. The average Bonchev–Trinajstić information content (AvgIpc) is 1.98. The maximum Gasteiger partial charge on any atom is 0.0249 e.